The average Bonchev–Trinajstić information content (AvgIpc) is 2.90. The fraction of sp³-hybridized carbons (Fsp3) is 0.211. The zero-order valence-corrected chi connectivity index (χ0v) is 14.1. The minimum atomic E-state index is -0.387. The number of benzene rings is 2. The number of aryl methyl sites for hydroxylation is 2. The lowest BCUT2D eigenvalue weighted by Crippen LogP contribution is -2.30. The molecule has 1 aliphatic rings. The van der Waals surface area contributed by atoms with Crippen molar-refractivity contribution in [1.29, 1.82) is 0 Å². The van der Waals surface area contributed by atoms with Gasteiger partial charge in [-0.25, -0.2) is 4.79 Å². The van der Waals surface area contributed by atoms with Gasteiger partial charge in [0, 0.05) is 11.3 Å². The topological polar surface area (TPSA) is 78.5 Å². The standard InChI is InChI=1S/C19H19N3O3/c1-12-3-8-16(13(2)9-12)21-18(24)15-6-4-14(5-7-15)11-22-17(23)10-20-19(22)25/h3-9H,10-11H2,1-2H3,(H,20,25)(H,21,24). The summed E-state index contributed by atoms with van der Waals surface area (Å²) in [6, 6.07) is 12.3. The van der Waals surface area contributed by atoms with Crippen LogP contribution in [0, 0.1) is 13.8 Å². The number of urea groups is 1. The maximum Gasteiger partial charge on any atom is 0.324 e. The highest BCUT2D eigenvalue weighted by Crippen LogP contribution is 2.17. The quantitative estimate of drug-likeness (QED) is 0.842. The van der Waals surface area contributed by atoms with Crippen LogP contribution in [0.2, 0.25) is 0 Å². The van der Waals surface area contributed by atoms with Gasteiger partial charge in [-0.3, -0.25) is 14.5 Å². The average molecular weight is 337 g/mol. The smallest absolute Gasteiger partial charge is 0.324 e. The Morgan fingerprint density at radius 3 is 2.44 bits per heavy atom. The van der Waals surface area contributed by atoms with Crippen LogP contribution in [0.15, 0.2) is 42.5 Å². The fourth-order valence-corrected chi connectivity index (χ4v) is 2.71. The van der Waals surface area contributed by atoms with Crippen LogP contribution in [0.1, 0.15) is 27.0 Å². The van der Waals surface area contributed by atoms with Crippen LogP contribution in [-0.2, 0) is 11.3 Å². The fourth-order valence-electron chi connectivity index (χ4n) is 2.71. The number of hydrogen-bond acceptors (Lipinski definition) is 3. The number of amides is 4. The summed E-state index contributed by atoms with van der Waals surface area (Å²) in [6.07, 6.45) is 0. The minimum Gasteiger partial charge on any atom is -0.329 e. The Morgan fingerprint density at radius 2 is 1.84 bits per heavy atom. The van der Waals surface area contributed by atoms with Gasteiger partial charge in [0.25, 0.3) is 5.91 Å². The minimum absolute atomic E-state index is 0.0369. The van der Waals surface area contributed by atoms with Gasteiger partial charge in [-0.15, -0.1) is 0 Å². The zero-order chi connectivity index (χ0) is 18.0. The number of nitrogens with one attached hydrogen (secondary N) is 2. The van der Waals surface area contributed by atoms with E-state index >= 15 is 0 Å². The summed E-state index contributed by atoms with van der Waals surface area (Å²) >= 11 is 0. The second-order valence-corrected chi connectivity index (χ2v) is 6.11. The molecule has 0 bridgehead atoms. The molecule has 1 heterocycles. The number of carbonyl (C=O) groups is 3. The molecule has 3 rings (SSSR count). The van der Waals surface area contributed by atoms with Crippen LogP contribution in [0.25, 0.3) is 0 Å². The van der Waals surface area contributed by atoms with E-state index in [0.717, 1.165) is 27.3 Å². The molecule has 0 saturated carbocycles. The third-order valence-corrected chi connectivity index (χ3v) is 4.12. The molecule has 2 aromatic rings. The second-order valence-electron chi connectivity index (χ2n) is 6.11. The molecule has 1 aliphatic heterocycles. The first-order chi connectivity index (χ1) is 11.9. The number of imide groups is 1. The van der Waals surface area contributed by atoms with Crippen molar-refractivity contribution in [1.82, 2.24) is 10.2 Å². The lowest BCUT2D eigenvalue weighted by atomic mass is 10.1. The van der Waals surface area contributed by atoms with E-state index in [9.17, 15) is 14.4 Å². The SMILES string of the molecule is Cc1ccc(NC(=O)c2ccc(CN3C(=O)CNC3=O)cc2)c(C)c1. The highest BCUT2D eigenvalue weighted by molar-refractivity contribution is 6.04. The van der Waals surface area contributed by atoms with E-state index in [1.165, 1.54) is 0 Å². The largest absolute Gasteiger partial charge is 0.329 e. The Kier molecular flexibility index (Phi) is 4.52. The zero-order valence-electron chi connectivity index (χ0n) is 14.1. The van der Waals surface area contributed by atoms with Crippen molar-refractivity contribution in [2.24, 2.45) is 0 Å². The molecule has 25 heavy (non-hydrogen) atoms. The lowest BCUT2D eigenvalue weighted by molar-refractivity contribution is -0.125. The molecule has 4 amide bonds. The number of carbonyl (C=O) groups excluding carboxylic acids is 3. The Hall–Kier alpha value is -3.15. The Bertz CT molecular complexity index is 827. The maximum atomic E-state index is 12.4. The molecular formula is C19H19N3O3. The molecule has 1 saturated heterocycles. The van der Waals surface area contributed by atoms with Crippen molar-refractivity contribution in [3.63, 3.8) is 0 Å². The predicted octanol–water partition coefficient (Wildman–Crippen LogP) is 2.61. The van der Waals surface area contributed by atoms with Crippen molar-refractivity contribution >= 4 is 23.5 Å². The van der Waals surface area contributed by atoms with Gasteiger partial charge in [-0.1, -0.05) is 29.8 Å². The van der Waals surface area contributed by atoms with E-state index in [-0.39, 0.29) is 30.9 Å². The first-order valence-electron chi connectivity index (χ1n) is 8.00. The molecule has 0 spiro atoms. The number of anilines is 1. The molecule has 0 radical (unpaired) electrons. The number of rotatable bonds is 4. The number of nitrogens with zero attached hydrogens (tertiary/aromatic N) is 1. The Morgan fingerprint density at radius 1 is 1.12 bits per heavy atom. The molecular weight excluding hydrogens is 318 g/mol. The van der Waals surface area contributed by atoms with Gasteiger partial charge in [0.15, 0.2) is 0 Å². The van der Waals surface area contributed by atoms with E-state index in [1.807, 2.05) is 32.0 Å². The van der Waals surface area contributed by atoms with Crippen LogP contribution in [-0.4, -0.2) is 29.3 Å². The molecule has 128 valence electrons. The summed E-state index contributed by atoms with van der Waals surface area (Å²) in [5, 5.41) is 5.37. The summed E-state index contributed by atoms with van der Waals surface area (Å²) in [6.45, 7) is 4.19. The molecule has 0 unspecified atom stereocenters. The van der Waals surface area contributed by atoms with Gasteiger partial charge in [-0.05, 0) is 43.2 Å². The first kappa shape index (κ1) is 16.7. The van der Waals surface area contributed by atoms with E-state index in [0.29, 0.717) is 5.56 Å². The predicted molar refractivity (Wildman–Crippen MR) is 94.3 cm³/mol. The summed E-state index contributed by atoms with van der Waals surface area (Å²) in [5.41, 5.74) is 4.22. The van der Waals surface area contributed by atoms with Crippen LogP contribution in [0.3, 0.4) is 0 Å². The highest BCUT2D eigenvalue weighted by atomic mass is 16.2. The van der Waals surface area contributed by atoms with Crippen LogP contribution >= 0.6 is 0 Å². The van der Waals surface area contributed by atoms with Gasteiger partial charge in [0.1, 0.15) is 0 Å². The Labute approximate surface area is 145 Å². The van der Waals surface area contributed by atoms with Gasteiger partial charge >= 0.3 is 6.03 Å². The molecule has 0 aromatic heterocycles. The third kappa shape index (κ3) is 3.68. The van der Waals surface area contributed by atoms with Gasteiger partial charge < -0.3 is 10.6 Å². The molecule has 2 aromatic carbocycles. The normalized spacial score (nSPS) is 13.8. The lowest BCUT2D eigenvalue weighted by Gasteiger charge is -2.13. The van der Waals surface area contributed by atoms with E-state index in [1.54, 1.807) is 24.3 Å². The molecule has 6 heteroatoms. The van der Waals surface area contributed by atoms with E-state index in [4.69, 9.17) is 0 Å². The van der Waals surface area contributed by atoms with Gasteiger partial charge in [0.2, 0.25) is 5.91 Å². The molecule has 6 nitrogen and oxygen atoms in total. The summed E-state index contributed by atoms with van der Waals surface area (Å²) in [7, 11) is 0. The molecule has 2 N–H and O–H groups in total. The third-order valence-electron chi connectivity index (χ3n) is 4.12. The number of hydrogen-bond donors (Lipinski definition) is 2. The molecule has 1 fully saturated rings. The monoisotopic (exact) mass is 337 g/mol. The van der Waals surface area contributed by atoms with Crippen molar-refractivity contribution in [2.45, 2.75) is 20.4 Å². The maximum absolute atomic E-state index is 12.4. The summed E-state index contributed by atoms with van der Waals surface area (Å²) < 4.78 is 0. The van der Waals surface area contributed by atoms with Gasteiger partial charge in [0.05, 0.1) is 13.1 Å². The van der Waals surface area contributed by atoms with Crippen molar-refractivity contribution < 1.29 is 14.4 Å². The van der Waals surface area contributed by atoms with Crippen LogP contribution < -0.4 is 10.6 Å². The highest BCUT2D eigenvalue weighted by Gasteiger charge is 2.28. The second kappa shape index (κ2) is 6.76. The van der Waals surface area contributed by atoms with Crippen molar-refractivity contribution in [3.8, 4) is 0 Å². The summed E-state index contributed by atoms with van der Waals surface area (Å²) in [4.78, 5) is 36.7. The summed E-state index contributed by atoms with van der Waals surface area (Å²) in [5.74, 6) is -0.449. The molecule has 0 atom stereocenters. The van der Waals surface area contributed by atoms with E-state index in [2.05, 4.69) is 10.6 Å². The van der Waals surface area contributed by atoms with Crippen molar-refractivity contribution in [2.75, 3.05) is 11.9 Å². The van der Waals surface area contributed by atoms with Crippen LogP contribution in [0.5, 0.6) is 0 Å². The van der Waals surface area contributed by atoms with Crippen LogP contribution in [0.4, 0.5) is 10.5 Å². The van der Waals surface area contributed by atoms with Gasteiger partial charge in [-0.2, -0.15) is 0 Å². The van der Waals surface area contributed by atoms with Crippen molar-refractivity contribution in [3.05, 3.63) is 64.7 Å². The first-order valence-corrected chi connectivity index (χ1v) is 8.00. The molecule has 0 aliphatic carbocycles. The Balaban J connectivity index is 1.68. The van der Waals surface area contributed by atoms with E-state index < -0.39 is 0 Å².